The number of amides is 1. The maximum Gasteiger partial charge on any atom is 0.241 e. The summed E-state index contributed by atoms with van der Waals surface area (Å²) in [6.07, 6.45) is 1.70. The molecule has 0 atom stereocenters. The van der Waals surface area contributed by atoms with Crippen LogP contribution < -0.4 is 10.1 Å². The summed E-state index contributed by atoms with van der Waals surface area (Å²) in [6, 6.07) is 7.78. The summed E-state index contributed by atoms with van der Waals surface area (Å²) in [5, 5.41) is 10.6. The van der Waals surface area contributed by atoms with Crippen LogP contribution in [-0.2, 0) is 22.7 Å². The Morgan fingerprint density at radius 3 is 3.05 bits per heavy atom. The second-order valence-electron chi connectivity index (χ2n) is 4.86. The Balaban J connectivity index is 1.80. The zero-order valence-corrected chi connectivity index (χ0v) is 12.8. The minimum absolute atomic E-state index is 0.126. The van der Waals surface area contributed by atoms with E-state index in [-0.39, 0.29) is 12.5 Å². The number of hydrogen-bond acceptors (Lipinski definition) is 5. The number of carbonyl (C=O) groups excluding carboxylic acids is 1. The van der Waals surface area contributed by atoms with E-state index >= 15 is 0 Å². The summed E-state index contributed by atoms with van der Waals surface area (Å²) in [4.78, 5) is 11.6. The first-order valence-electron chi connectivity index (χ1n) is 7.01. The molecule has 7 heteroatoms. The number of nitrogens with zero attached hydrogens (tertiary/aromatic N) is 3. The molecule has 0 aliphatic heterocycles. The van der Waals surface area contributed by atoms with Gasteiger partial charge in [0.2, 0.25) is 5.91 Å². The maximum atomic E-state index is 11.6. The molecule has 0 aliphatic rings. The first kappa shape index (κ1) is 16.0. The first-order valence-corrected chi connectivity index (χ1v) is 7.01. The molecule has 1 aromatic heterocycles. The highest BCUT2D eigenvalue weighted by atomic mass is 16.5. The van der Waals surface area contributed by atoms with Gasteiger partial charge in [-0.25, -0.2) is 4.68 Å². The van der Waals surface area contributed by atoms with Crippen molar-refractivity contribution >= 4 is 5.91 Å². The molecule has 1 aromatic carbocycles. The number of methoxy groups -OCH3 is 1. The molecule has 0 fully saturated rings. The van der Waals surface area contributed by atoms with Crippen molar-refractivity contribution < 1.29 is 14.3 Å². The number of ether oxygens (including phenoxy) is 2. The maximum absolute atomic E-state index is 11.6. The molecule has 0 unspecified atom stereocenters. The van der Waals surface area contributed by atoms with Crippen molar-refractivity contribution in [1.29, 1.82) is 0 Å². The van der Waals surface area contributed by atoms with E-state index in [2.05, 4.69) is 15.6 Å². The lowest BCUT2D eigenvalue weighted by atomic mass is 10.2. The van der Waals surface area contributed by atoms with Gasteiger partial charge < -0.3 is 14.8 Å². The van der Waals surface area contributed by atoms with Crippen molar-refractivity contribution in [2.75, 3.05) is 20.3 Å². The molecule has 0 aliphatic carbocycles. The van der Waals surface area contributed by atoms with Crippen molar-refractivity contribution in [2.24, 2.45) is 0 Å². The molecule has 0 bridgehead atoms. The quantitative estimate of drug-likeness (QED) is 0.734. The fourth-order valence-electron chi connectivity index (χ4n) is 1.84. The van der Waals surface area contributed by atoms with E-state index in [0.29, 0.717) is 25.5 Å². The van der Waals surface area contributed by atoms with Crippen LogP contribution in [0.15, 0.2) is 30.5 Å². The summed E-state index contributed by atoms with van der Waals surface area (Å²) in [5.41, 5.74) is 1.81. The summed E-state index contributed by atoms with van der Waals surface area (Å²) in [5.74, 6) is 0.653. The number of hydrogen-bond donors (Lipinski definition) is 1. The van der Waals surface area contributed by atoms with Gasteiger partial charge in [0.1, 0.15) is 24.6 Å². The molecule has 1 amide bonds. The van der Waals surface area contributed by atoms with Gasteiger partial charge in [0.05, 0.1) is 12.8 Å². The fraction of sp³-hybridized carbons (Fsp3) is 0.400. The zero-order valence-electron chi connectivity index (χ0n) is 12.8. The summed E-state index contributed by atoms with van der Waals surface area (Å²) < 4.78 is 12.0. The average Bonchev–Trinajstić information content (AvgIpc) is 2.93. The lowest BCUT2D eigenvalue weighted by Gasteiger charge is -2.04. The molecule has 1 heterocycles. The monoisotopic (exact) mass is 304 g/mol. The predicted octanol–water partition coefficient (Wildman–Crippen LogP) is 0.928. The van der Waals surface area contributed by atoms with Gasteiger partial charge in [-0.15, -0.1) is 5.10 Å². The Morgan fingerprint density at radius 1 is 1.41 bits per heavy atom. The molecule has 118 valence electrons. The largest absolute Gasteiger partial charge is 0.487 e. The van der Waals surface area contributed by atoms with Gasteiger partial charge in [0.25, 0.3) is 0 Å². The van der Waals surface area contributed by atoms with Gasteiger partial charge in [-0.05, 0) is 24.6 Å². The van der Waals surface area contributed by atoms with Gasteiger partial charge in [0.15, 0.2) is 0 Å². The van der Waals surface area contributed by atoms with Crippen LogP contribution in [0.1, 0.15) is 11.3 Å². The van der Waals surface area contributed by atoms with Gasteiger partial charge in [-0.3, -0.25) is 4.79 Å². The number of benzene rings is 1. The molecular formula is C15H20N4O3. The number of rotatable bonds is 8. The molecule has 1 N–H and O–H groups in total. The molecular weight excluding hydrogens is 284 g/mol. The minimum atomic E-state index is -0.131. The highest BCUT2D eigenvalue weighted by Gasteiger charge is 2.06. The van der Waals surface area contributed by atoms with Crippen LogP contribution in [0.4, 0.5) is 0 Å². The van der Waals surface area contributed by atoms with E-state index in [0.717, 1.165) is 11.3 Å². The van der Waals surface area contributed by atoms with Crippen LogP contribution in [-0.4, -0.2) is 41.2 Å². The number of aromatic nitrogens is 3. The van der Waals surface area contributed by atoms with Gasteiger partial charge >= 0.3 is 0 Å². The Labute approximate surface area is 129 Å². The van der Waals surface area contributed by atoms with Crippen LogP contribution in [0.25, 0.3) is 0 Å². The lowest BCUT2D eigenvalue weighted by molar-refractivity contribution is -0.122. The Hall–Kier alpha value is -2.41. The Morgan fingerprint density at radius 2 is 2.27 bits per heavy atom. The molecule has 22 heavy (non-hydrogen) atoms. The van der Waals surface area contributed by atoms with Crippen LogP contribution >= 0.6 is 0 Å². The minimum Gasteiger partial charge on any atom is -0.487 e. The molecule has 2 rings (SSSR count). The number of nitrogens with one attached hydrogen (secondary N) is 1. The van der Waals surface area contributed by atoms with Crippen molar-refractivity contribution in [2.45, 2.75) is 20.1 Å². The molecule has 0 saturated heterocycles. The second kappa shape index (κ2) is 8.14. The van der Waals surface area contributed by atoms with Crippen LogP contribution in [0.3, 0.4) is 0 Å². The average molecular weight is 304 g/mol. The van der Waals surface area contributed by atoms with Crippen molar-refractivity contribution in [3.8, 4) is 5.75 Å². The summed E-state index contributed by atoms with van der Waals surface area (Å²) in [7, 11) is 1.59. The molecule has 0 radical (unpaired) electrons. The van der Waals surface area contributed by atoms with E-state index < -0.39 is 0 Å². The SMILES string of the molecule is COCCNC(=O)Cn1cc(COc2cccc(C)c2)nn1. The van der Waals surface area contributed by atoms with E-state index in [4.69, 9.17) is 9.47 Å². The van der Waals surface area contributed by atoms with E-state index in [1.54, 1.807) is 13.3 Å². The number of carbonyl (C=O) groups is 1. The van der Waals surface area contributed by atoms with Crippen LogP contribution in [0, 0.1) is 6.92 Å². The topological polar surface area (TPSA) is 78.3 Å². The molecule has 2 aromatic rings. The van der Waals surface area contributed by atoms with Crippen LogP contribution in [0.5, 0.6) is 5.75 Å². The van der Waals surface area contributed by atoms with E-state index in [9.17, 15) is 4.79 Å². The number of aryl methyl sites for hydroxylation is 1. The van der Waals surface area contributed by atoms with Crippen molar-refractivity contribution in [1.82, 2.24) is 20.3 Å². The predicted molar refractivity (Wildman–Crippen MR) is 80.4 cm³/mol. The zero-order chi connectivity index (χ0) is 15.8. The van der Waals surface area contributed by atoms with Crippen LogP contribution in [0.2, 0.25) is 0 Å². The normalized spacial score (nSPS) is 10.5. The highest BCUT2D eigenvalue weighted by molar-refractivity contribution is 5.75. The third-order valence-corrected chi connectivity index (χ3v) is 2.90. The Kier molecular flexibility index (Phi) is 5.91. The first-order chi connectivity index (χ1) is 10.7. The van der Waals surface area contributed by atoms with Gasteiger partial charge in [0, 0.05) is 13.7 Å². The smallest absolute Gasteiger partial charge is 0.241 e. The van der Waals surface area contributed by atoms with E-state index in [1.807, 2.05) is 31.2 Å². The standard InChI is InChI=1S/C15H20N4O3/c1-12-4-3-5-14(8-12)22-11-13-9-19(18-17-13)10-15(20)16-6-7-21-2/h3-5,8-9H,6-7,10-11H2,1-2H3,(H,16,20). The molecule has 0 saturated carbocycles. The fourth-order valence-corrected chi connectivity index (χ4v) is 1.84. The van der Waals surface area contributed by atoms with E-state index in [1.165, 1.54) is 4.68 Å². The summed E-state index contributed by atoms with van der Waals surface area (Å²) >= 11 is 0. The lowest BCUT2D eigenvalue weighted by Crippen LogP contribution is -2.30. The molecule has 7 nitrogen and oxygen atoms in total. The second-order valence-corrected chi connectivity index (χ2v) is 4.86. The third-order valence-electron chi connectivity index (χ3n) is 2.90. The van der Waals surface area contributed by atoms with Gasteiger partial charge in [-0.1, -0.05) is 17.3 Å². The van der Waals surface area contributed by atoms with Crippen molar-refractivity contribution in [3.05, 3.63) is 41.7 Å². The third kappa shape index (κ3) is 5.17. The highest BCUT2D eigenvalue weighted by Crippen LogP contribution is 2.13. The van der Waals surface area contributed by atoms with Crippen molar-refractivity contribution in [3.63, 3.8) is 0 Å². The summed E-state index contributed by atoms with van der Waals surface area (Å²) in [6.45, 7) is 3.41. The molecule has 0 spiro atoms. The van der Waals surface area contributed by atoms with Gasteiger partial charge in [-0.2, -0.15) is 0 Å². The Bertz CT molecular complexity index is 612.